The highest BCUT2D eigenvalue weighted by molar-refractivity contribution is 7.89. The van der Waals surface area contributed by atoms with Crippen molar-refractivity contribution in [2.75, 3.05) is 18.4 Å². The molecule has 0 bridgehead atoms. The molecule has 0 saturated carbocycles. The van der Waals surface area contributed by atoms with Gasteiger partial charge in [-0.2, -0.15) is 4.31 Å². The smallest absolute Gasteiger partial charge is 0.243 e. The largest absolute Gasteiger partial charge is 0.326 e. The number of aromatic nitrogens is 2. The molecule has 1 aliphatic rings. The monoisotopic (exact) mass is 418 g/mol. The number of amides is 1. The number of hydrogen-bond acceptors (Lipinski definition) is 5. The maximum atomic E-state index is 12.9. The molecule has 1 aromatic carbocycles. The van der Waals surface area contributed by atoms with Gasteiger partial charge in [-0.1, -0.05) is 18.9 Å². The van der Waals surface area contributed by atoms with Gasteiger partial charge in [-0.05, 0) is 31.0 Å². The zero-order valence-electron chi connectivity index (χ0n) is 15.4. The number of sulfonamides is 1. The van der Waals surface area contributed by atoms with Crippen LogP contribution in [0.2, 0.25) is 0 Å². The van der Waals surface area contributed by atoms with Crippen LogP contribution in [-0.4, -0.2) is 41.1 Å². The Balaban J connectivity index is 1.46. The van der Waals surface area contributed by atoms with Crippen molar-refractivity contribution in [3.05, 3.63) is 47.7 Å². The van der Waals surface area contributed by atoms with Crippen LogP contribution in [0.15, 0.2) is 46.9 Å². The van der Waals surface area contributed by atoms with E-state index in [0.717, 1.165) is 30.6 Å². The summed E-state index contributed by atoms with van der Waals surface area (Å²) in [6.45, 7) is 1.10. The molecule has 7 nitrogen and oxygen atoms in total. The van der Waals surface area contributed by atoms with Gasteiger partial charge >= 0.3 is 0 Å². The molecular weight excluding hydrogens is 396 g/mol. The quantitative estimate of drug-likeness (QED) is 0.690. The molecule has 3 aromatic rings. The van der Waals surface area contributed by atoms with E-state index in [0.29, 0.717) is 24.5 Å². The highest BCUT2D eigenvalue weighted by atomic mass is 32.2. The van der Waals surface area contributed by atoms with Crippen molar-refractivity contribution >= 4 is 37.9 Å². The van der Waals surface area contributed by atoms with Crippen LogP contribution in [0.4, 0.5) is 5.69 Å². The van der Waals surface area contributed by atoms with Crippen LogP contribution in [0.5, 0.6) is 0 Å². The van der Waals surface area contributed by atoms with Gasteiger partial charge in [-0.15, -0.1) is 11.3 Å². The molecule has 0 spiro atoms. The van der Waals surface area contributed by atoms with E-state index >= 15 is 0 Å². The van der Waals surface area contributed by atoms with Crippen LogP contribution >= 0.6 is 11.3 Å². The summed E-state index contributed by atoms with van der Waals surface area (Å²) in [5.74, 6) is -0.227. The van der Waals surface area contributed by atoms with E-state index in [4.69, 9.17) is 0 Å². The van der Waals surface area contributed by atoms with Gasteiger partial charge in [0, 0.05) is 36.6 Å². The average molecular weight is 419 g/mol. The number of carbonyl (C=O) groups is 1. The van der Waals surface area contributed by atoms with Gasteiger partial charge in [0.15, 0.2) is 4.96 Å². The van der Waals surface area contributed by atoms with Gasteiger partial charge in [0.2, 0.25) is 15.9 Å². The summed E-state index contributed by atoms with van der Waals surface area (Å²) in [6, 6.07) is 6.47. The molecule has 0 atom stereocenters. The third-order valence-corrected chi connectivity index (χ3v) is 7.47. The molecule has 9 heteroatoms. The molecule has 0 aliphatic carbocycles. The first-order valence-corrected chi connectivity index (χ1v) is 11.7. The van der Waals surface area contributed by atoms with E-state index in [2.05, 4.69) is 10.3 Å². The minimum absolute atomic E-state index is 0.136. The summed E-state index contributed by atoms with van der Waals surface area (Å²) in [4.78, 5) is 17.8. The highest BCUT2D eigenvalue weighted by Gasteiger charge is 2.25. The topological polar surface area (TPSA) is 83.8 Å². The van der Waals surface area contributed by atoms with Crippen molar-refractivity contribution in [2.45, 2.75) is 37.0 Å². The van der Waals surface area contributed by atoms with E-state index < -0.39 is 10.0 Å². The lowest BCUT2D eigenvalue weighted by Crippen LogP contribution is -2.32. The third-order valence-electron chi connectivity index (χ3n) is 4.81. The van der Waals surface area contributed by atoms with E-state index in [1.807, 2.05) is 22.2 Å². The molecule has 1 fully saturated rings. The highest BCUT2D eigenvalue weighted by Crippen LogP contribution is 2.23. The van der Waals surface area contributed by atoms with Crippen LogP contribution < -0.4 is 5.32 Å². The van der Waals surface area contributed by atoms with Gasteiger partial charge < -0.3 is 5.32 Å². The minimum Gasteiger partial charge on any atom is -0.326 e. The number of hydrogen-bond donors (Lipinski definition) is 1. The Labute approximate surface area is 168 Å². The number of carbonyl (C=O) groups excluding carboxylic acids is 1. The third kappa shape index (κ3) is 4.11. The zero-order valence-corrected chi connectivity index (χ0v) is 17.0. The molecule has 148 valence electrons. The van der Waals surface area contributed by atoms with E-state index in [-0.39, 0.29) is 17.2 Å². The number of thiazole rings is 1. The average Bonchev–Trinajstić information content (AvgIpc) is 3.12. The lowest BCUT2D eigenvalue weighted by Gasteiger charge is -2.20. The van der Waals surface area contributed by atoms with Crippen molar-refractivity contribution < 1.29 is 13.2 Å². The molecule has 0 radical (unpaired) electrons. The summed E-state index contributed by atoms with van der Waals surface area (Å²) < 4.78 is 29.3. The first-order chi connectivity index (χ1) is 13.5. The second kappa shape index (κ2) is 8.02. The number of anilines is 1. The van der Waals surface area contributed by atoms with Gasteiger partial charge in [-0.25, -0.2) is 13.4 Å². The molecular formula is C19H22N4O3S2. The molecule has 28 heavy (non-hydrogen) atoms. The number of rotatable bonds is 5. The lowest BCUT2D eigenvalue weighted by atomic mass is 10.2. The van der Waals surface area contributed by atoms with E-state index in [1.54, 1.807) is 22.5 Å². The van der Waals surface area contributed by atoms with Gasteiger partial charge in [0.1, 0.15) is 0 Å². The minimum atomic E-state index is -3.54. The first-order valence-electron chi connectivity index (χ1n) is 9.33. The number of nitrogens with one attached hydrogen (secondary N) is 1. The van der Waals surface area contributed by atoms with Crippen LogP contribution in [0.1, 0.15) is 31.4 Å². The fourth-order valence-corrected chi connectivity index (χ4v) is 5.68. The molecule has 1 saturated heterocycles. The van der Waals surface area contributed by atoms with Crippen LogP contribution in [0, 0.1) is 0 Å². The van der Waals surface area contributed by atoms with Gasteiger partial charge in [0.05, 0.1) is 17.0 Å². The number of nitrogens with zero attached hydrogens (tertiary/aromatic N) is 3. The summed E-state index contributed by atoms with van der Waals surface area (Å²) in [5.41, 5.74) is 1.15. The van der Waals surface area contributed by atoms with E-state index in [9.17, 15) is 13.2 Å². The first kappa shape index (κ1) is 19.1. The number of benzene rings is 1. The van der Waals surface area contributed by atoms with Gasteiger partial charge in [0.25, 0.3) is 0 Å². The number of imidazole rings is 1. The van der Waals surface area contributed by atoms with Crippen molar-refractivity contribution in [1.82, 2.24) is 13.7 Å². The van der Waals surface area contributed by atoms with Crippen molar-refractivity contribution in [2.24, 2.45) is 0 Å². The van der Waals surface area contributed by atoms with Crippen LogP contribution in [0.25, 0.3) is 4.96 Å². The predicted molar refractivity (Wildman–Crippen MR) is 109 cm³/mol. The Morgan fingerprint density at radius 1 is 1.18 bits per heavy atom. The normalized spacial score (nSPS) is 16.1. The lowest BCUT2D eigenvalue weighted by molar-refractivity contribution is -0.115. The summed E-state index contributed by atoms with van der Waals surface area (Å²) in [5, 5.41) is 4.72. The standard InChI is InChI=1S/C19H22N4O3S2/c24-18(13-16-14-22-10-11-27-19(22)21-16)20-15-6-5-7-17(12-15)28(25,26)23-8-3-1-2-4-9-23/h5-7,10-12,14H,1-4,8-9,13H2,(H,20,24). The molecule has 0 unspecified atom stereocenters. The van der Waals surface area contributed by atoms with E-state index in [1.165, 1.54) is 17.4 Å². The SMILES string of the molecule is O=C(Cc1cn2ccsc2n1)Nc1cccc(S(=O)(=O)N2CCCCCC2)c1. The molecule has 4 rings (SSSR count). The second-order valence-electron chi connectivity index (χ2n) is 6.90. The second-order valence-corrected chi connectivity index (χ2v) is 9.71. The molecule has 1 amide bonds. The Bertz CT molecular complexity index is 1050. The Hall–Kier alpha value is -2.23. The van der Waals surface area contributed by atoms with Crippen molar-refractivity contribution in [3.8, 4) is 0 Å². The summed E-state index contributed by atoms with van der Waals surface area (Å²) >= 11 is 1.51. The Morgan fingerprint density at radius 3 is 2.71 bits per heavy atom. The fraction of sp³-hybridized carbons (Fsp3) is 0.368. The molecule has 3 heterocycles. The van der Waals surface area contributed by atoms with Crippen molar-refractivity contribution in [3.63, 3.8) is 0 Å². The summed E-state index contributed by atoms with van der Waals surface area (Å²) in [6.07, 6.45) is 7.76. The molecule has 1 N–H and O–H groups in total. The van der Waals surface area contributed by atoms with Gasteiger partial charge in [-0.3, -0.25) is 9.20 Å². The van der Waals surface area contributed by atoms with Crippen LogP contribution in [-0.2, 0) is 21.2 Å². The molecule has 1 aliphatic heterocycles. The Morgan fingerprint density at radius 2 is 1.96 bits per heavy atom. The Kier molecular flexibility index (Phi) is 5.47. The van der Waals surface area contributed by atoms with Crippen molar-refractivity contribution in [1.29, 1.82) is 0 Å². The number of fused-ring (bicyclic) bond motifs is 1. The maximum absolute atomic E-state index is 12.9. The summed E-state index contributed by atoms with van der Waals surface area (Å²) in [7, 11) is -3.54. The predicted octanol–water partition coefficient (Wildman–Crippen LogP) is 3.14. The maximum Gasteiger partial charge on any atom is 0.243 e. The fourth-order valence-electron chi connectivity index (χ4n) is 3.40. The zero-order chi connectivity index (χ0) is 19.6. The molecule has 2 aromatic heterocycles. The van der Waals surface area contributed by atoms with Crippen LogP contribution in [0.3, 0.4) is 0 Å².